The van der Waals surface area contributed by atoms with Crippen molar-refractivity contribution < 1.29 is 9.59 Å². The van der Waals surface area contributed by atoms with Crippen molar-refractivity contribution in [2.45, 2.75) is 12.5 Å². The molecule has 0 aromatic rings. The normalized spacial score (nSPS) is 21.1. The zero-order valence-corrected chi connectivity index (χ0v) is 8.52. The molecule has 3 amide bonds. The van der Waals surface area contributed by atoms with Crippen molar-refractivity contribution in [2.24, 2.45) is 10.7 Å². The van der Waals surface area contributed by atoms with Crippen LogP contribution in [0.1, 0.15) is 6.42 Å². The molecule has 0 saturated heterocycles. The van der Waals surface area contributed by atoms with E-state index in [0.29, 0.717) is 0 Å². The summed E-state index contributed by atoms with van der Waals surface area (Å²) in [4.78, 5) is 28.9. The van der Waals surface area contributed by atoms with Gasteiger partial charge in [-0.15, -0.1) is 0 Å². The Bertz CT molecular complexity index is 298. The monoisotopic (exact) mass is 198 g/mol. The number of hydrogen-bond donors (Lipinski definition) is 1. The largest absolute Gasteiger partial charge is 0.385 e. The smallest absolute Gasteiger partial charge is 0.345 e. The summed E-state index contributed by atoms with van der Waals surface area (Å²) in [5.41, 5.74) is 5.53. The summed E-state index contributed by atoms with van der Waals surface area (Å²) in [5.74, 6) is 0.141. The van der Waals surface area contributed by atoms with Gasteiger partial charge in [0.15, 0.2) is 0 Å². The molecule has 14 heavy (non-hydrogen) atoms. The zero-order valence-electron chi connectivity index (χ0n) is 8.52. The lowest BCUT2D eigenvalue weighted by Crippen LogP contribution is -2.41. The average molecular weight is 198 g/mol. The lowest BCUT2D eigenvalue weighted by molar-refractivity contribution is -0.129. The number of urea groups is 1. The molecule has 0 aromatic carbocycles. The first kappa shape index (κ1) is 10.5. The highest BCUT2D eigenvalue weighted by Crippen LogP contribution is 2.12. The summed E-state index contributed by atoms with van der Waals surface area (Å²) in [6.45, 7) is 0. The molecule has 6 heteroatoms. The Labute approximate surface area is 82.4 Å². The van der Waals surface area contributed by atoms with Gasteiger partial charge in [0, 0.05) is 21.1 Å². The summed E-state index contributed by atoms with van der Waals surface area (Å²) in [6.07, 6.45) is 0.185. The minimum absolute atomic E-state index is 0.0744. The predicted molar refractivity (Wildman–Crippen MR) is 51.9 cm³/mol. The van der Waals surface area contributed by atoms with Crippen LogP contribution in [0.3, 0.4) is 0 Å². The number of hydrogen-bond acceptors (Lipinski definition) is 3. The van der Waals surface area contributed by atoms with Crippen molar-refractivity contribution in [3.05, 3.63) is 0 Å². The van der Waals surface area contributed by atoms with E-state index in [4.69, 9.17) is 5.73 Å². The number of carbonyl (C=O) groups excluding carboxylic acids is 2. The molecule has 0 bridgehead atoms. The Hall–Kier alpha value is -1.59. The maximum Gasteiger partial charge on any atom is 0.345 e. The average Bonchev–Trinajstić information content (AvgIpc) is 2.32. The van der Waals surface area contributed by atoms with E-state index in [9.17, 15) is 9.59 Å². The molecule has 78 valence electrons. The molecule has 1 aliphatic heterocycles. The SMILES string of the molecule is CN(C)C(=O)CC1C(N)=NC(=O)N1C. The van der Waals surface area contributed by atoms with Crippen LogP contribution in [0.15, 0.2) is 4.99 Å². The summed E-state index contributed by atoms with van der Waals surface area (Å²) in [7, 11) is 4.90. The highest BCUT2D eigenvalue weighted by Gasteiger charge is 2.32. The molecule has 0 saturated carbocycles. The second-order valence-electron chi connectivity index (χ2n) is 3.44. The van der Waals surface area contributed by atoms with Crippen LogP contribution in [-0.2, 0) is 4.79 Å². The summed E-state index contributed by atoms with van der Waals surface area (Å²) in [5, 5.41) is 0. The van der Waals surface area contributed by atoms with E-state index in [1.165, 1.54) is 9.80 Å². The summed E-state index contributed by atoms with van der Waals surface area (Å²) < 4.78 is 0. The number of amidine groups is 1. The molecular weight excluding hydrogens is 184 g/mol. The lowest BCUT2D eigenvalue weighted by Gasteiger charge is -2.20. The fourth-order valence-electron chi connectivity index (χ4n) is 1.19. The van der Waals surface area contributed by atoms with Crippen LogP contribution < -0.4 is 5.73 Å². The van der Waals surface area contributed by atoms with Crippen LogP contribution in [0.2, 0.25) is 0 Å². The predicted octanol–water partition coefficient (Wildman–Crippen LogP) is -0.744. The summed E-state index contributed by atoms with van der Waals surface area (Å²) >= 11 is 0. The molecule has 0 aliphatic carbocycles. The highest BCUT2D eigenvalue weighted by atomic mass is 16.2. The van der Waals surface area contributed by atoms with Gasteiger partial charge < -0.3 is 15.5 Å². The van der Waals surface area contributed by atoms with Gasteiger partial charge in [0.05, 0.1) is 12.5 Å². The number of aliphatic imine (C=N–C) groups is 1. The maximum atomic E-state index is 11.4. The number of amides is 3. The number of nitrogens with zero attached hydrogens (tertiary/aromatic N) is 3. The Morgan fingerprint density at radius 3 is 2.57 bits per heavy atom. The number of rotatable bonds is 2. The van der Waals surface area contributed by atoms with E-state index in [-0.39, 0.29) is 24.2 Å². The van der Waals surface area contributed by atoms with Crippen LogP contribution in [0, 0.1) is 0 Å². The third-order valence-corrected chi connectivity index (χ3v) is 2.20. The topological polar surface area (TPSA) is 79.0 Å². The quantitative estimate of drug-likeness (QED) is 0.634. The van der Waals surface area contributed by atoms with Crippen molar-refractivity contribution in [1.82, 2.24) is 9.80 Å². The molecule has 0 radical (unpaired) electrons. The van der Waals surface area contributed by atoms with Gasteiger partial charge in [-0.05, 0) is 0 Å². The molecule has 1 heterocycles. The molecule has 2 N–H and O–H groups in total. The van der Waals surface area contributed by atoms with Gasteiger partial charge in [0.1, 0.15) is 5.84 Å². The molecule has 0 spiro atoms. The second-order valence-corrected chi connectivity index (χ2v) is 3.44. The van der Waals surface area contributed by atoms with Crippen LogP contribution >= 0.6 is 0 Å². The molecule has 6 nitrogen and oxygen atoms in total. The molecule has 0 aromatic heterocycles. The first-order valence-corrected chi connectivity index (χ1v) is 4.24. The van der Waals surface area contributed by atoms with Crippen molar-refractivity contribution in [2.75, 3.05) is 21.1 Å². The molecule has 1 rings (SSSR count). The van der Waals surface area contributed by atoms with Gasteiger partial charge in [0.25, 0.3) is 0 Å². The van der Waals surface area contributed by atoms with Crippen molar-refractivity contribution in [3.8, 4) is 0 Å². The van der Waals surface area contributed by atoms with Crippen molar-refractivity contribution in [1.29, 1.82) is 0 Å². The van der Waals surface area contributed by atoms with Gasteiger partial charge in [-0.25, -0.2) is 4.79 Å². The van der Waals surface area contributed by atoms with Gasteiger partial charge in [-0.3, -0.25) is 4.79 Å². The molecule has 1 atom stereocenters. The number of likely N-dealkylation sites (N-methyl/N-ethyl adjacent to an activating group) is 1. The van der Waals surface area contributed by atoms with Gasteiger partial charge in [-0.2, -0.15) is 4.99 Å². The summed E-state index contributed by atoms with van der Waals surface area (Å²) in [6, 6.07) is -0.781. The molecule has 1 aliphatic rings. The van der Waals surface area contributed by atoms with E-state index in [0.717, 1.165) is 0 Å². The second kappa shape index (κ2) is 3.65. The molecular formula is C8H14N4O2. The van der Waals surface area contributed by atoms with Crippen LogP contribution in [0.25, 0.3) is 0 Å². The standard InChI is InChI=1S/C8H14N4O2/c1-11(2)6(13)4-5-7(9)10-8(14)12(5)3/h5H,4H2,1-3H3,(H2,9,10,14). The van der Waals surface area contributed by atoms with Crippen LogP contribution in [0.5, 0.6) is 0 Å². The third-order valence-electron chi connectivity index (χ3n) is 2.20. The maximum absolute atomic E-state index is 11.4. The van der Waals surface area contributed by atoms with E-state index in [2.05, 4.69) is 4.99 Å². The Kier molecular flexibility index (Phi) is 2.73. The first-order chi connectivity index (χ1) is 6.43. The number of nitrogens with two attached hydrogens (primary N) is 1. The van der Waals surface area contributed by atoms with Crippen molar-refractivity contribution in [3.63, 3.8) is 0 Å². The molecule has 0 fully saturated rings. The van der Waals surface area contributed by atoms with Gasteiger partial charge >= 0.3 is 6.03 Å². The minimum Gasteiger partial charge on any atom is -0.385 e. The van der Waals surface area contributed by atoms with Gasteiger partial charge in [0.2, 0.25) is 5.91 Å². The lowest BCUT2D eigenvalue weighted by atomic mass is 10.1. The fourth-order valence-corrected chi connectivity index (χ4v) is 1.19. The van der Waals surface area contributed by atoms with Gasteiger partial charge in [-0.1, -0.05) is 0 Å². The van der Waals surface area contributed by atoms with Crippen LogP contribution in [0.4, 0.5) is 4.79 Å². The molecule has 1 unspecified atom stereocenters. The highest BCUT2D eigenvalue weighted by molar-refractivity contribution is 6.04. The third kappa shape index (κ3) is 1.84. The van der Waals surface area contributed by atoms with E-state index >= 15 is 0 Å². The first-order valence-electron chi connectivity index (χ1n) is 4.24. The Balaban J connectivity index is 2.67. The van der Waals surface area contributed by atoms with Crippen LogP contribution in [-0.4, -0.2) is 54.8 Å². The Morgan fingerprint density at radius 1 is 1.64 bits per heavy atom. The fraction of sp³-hybridized carbons (Fsp3) is 0.625. The van der Waals surface area contributed by atoms with Crippen molar-refractivity contribution >= 4 is 17.8 Å². The van der Waals surface area contributed by atoms with E-state index in [1.54, 1.807) is 21.1 Å². The Morgan fingerprint density at radius 2 is 2.21 bits per heavy atom. The number of carbonyl (C=O) groups is 2. The zero-order chi connectivity index (χ0) is 10.9. The minimum atomic E-state index is -0.391. The van der Waals surface area contributed by atoms with E-state index in [1.807, 2.05) is 0 Å². The van der Waals surface area contributed by atoms with E-state index < -0.39 is 6.04 Å².